The van der Waals surface area contributed by atoms with Crippen LogP contribution in [0, 0.1) is 0 Å². The summed E-state index contributed by atoms with van der Waals surface area (Å²) >= 11 is 0. The van der Waals surface area contributed by atoms with Crippen molar-refractivity contribution in [2.75, 3.05) is 6.61 Å². The van der Waals surface area contributed by atoms with E-state index in [4.69, 9.17) is 5.11 Å². The predicted molar refractivity (Wildman–Crippen MR) is 31.1 cm³/mol. The summed E-state index contributed by atoms with van der Waals surface area (Å²) in [5, 5.41) is 8.18. The van der Waals surface area contributed by atoms with Gasteiger partial charge in [0.05, 0.1) is 0 Å². The lowest BCUT2D eigenvalue weighted by Gasteiger charge is -1.80. The molecular formula is C6H9FO. The van der Waals surface area contributed by atoms with E-state index in [2.05, 4.69) is 6.58 Å². The molecule has 0 radical (unpaired) electrons. The molecule has 0 spiro atoms. The SMILES string of the molecule is C=C(F)/C=C\CCO. The fourth-order valence-electron chi connectivity index (χ4n) is 0.286. The quantitative estimate of drug-likeness (QED) is 0.553. The van der Waals surface area contributed by atoms with Crippen LogP contribution in [0.15, 0.2) is 24.6 Å². The second-order valence-electron chi connectivity index (χ2n) is 1.36. The summed E-state index contributed by atoms with van der Waals surface area (Å²) in [6, 6.07) is 0. The van der Waals surface area contributed by atoms with Crippen molar-refractivity contribution in [3.8, 4) is 0 Å². The molecule has 0 heterocycles. The largest absolute Gasteiger partial charge is 0.396 e. The summed E-state index contributed by atoms with van der Waals surface area (Å²) in [7, 11) is 0. The molecule has 0 saturated carbocycles. The summed E-state index contributed by atoms with van der Waals surface area (Å²) in [4.78, 5) is 0. The van der Waals surface area contributed by atoms with Gasteiger partial charge in [0.1, 0.15) is 5.83 Å². The zero-order valence-corrected chi connectivity index (χ0v) is 4.60. The molecule has 0 unspecified atom stereocenters. The van der Waals surface area contributed by atoms with E-state index in [9.17, 15) is 4.39 Å². The Hall–Kier alpha value is -0.630. The molecule has 0 aromatic rings. The van der Waals surface area contributed by atoms with Crippen molar-refractivity contribution in [1.82, 2.24) is 0 Å². The number of aliphatic hydroxyl groups is 1. The molecule has 1 nitrogen and oxygen atoms in total. The van der Waals surface area contributed by atoms with Crippen molar-refractivity contribution in [3.05, 3.63) is 24.6 Å². The van der Waals surface area contributed by atoms with E-state index in [-0.39, 0.29) is 6.61 Å². The van der Waals surface area contributed by atoms with Gasteiger partial charge >= 0.3 is 0 Å². The summed E-state index contributed by atoms with van der Waals surface area (Å²) in [6.07, 6.45) is 3.25. The van der Waals surface area contributed by atoms with Crippen LogP contribution >= 0.6 is 0 Å². The third-order valence-electron chi connectivity index (χ3n) is 0.594. The molecule has 0 amide bonds. The van der Waals surface area contributed by atoms with Crippen molar-refractivity contribution in [2.24, 2.45) is 0 Å². The van der Waals surface area contributed by atoms with Crippen molar-refractivity contribution < 1.29 is 9.50 Å². The van der Waals surface area contributed by atoms with Gasteiger partial charge in [0.15, 0.2) is 0 Å². The molecule has 0 aliphatic carbocycles. The van der Waals surface area contributed by atoms with Crippen LogP contribution in [0.4, 0.5) is 4.39 Å². The molecule has 0 saturated heterocycles. The maximum absolute atomic E-state index is 11.7. The Bertz CT molecular complexity index is 96.7. The van der Waals surface area contributed by atoms with Gasteiger partial charge in [0, 0.05) is 6.61 Å². The van der Waals surface area contributed by atoms with Gasteiger partial charge in [0.2, 0.25) is 0 Å². The van der Waals surface area contributed by atoms with Gasteiger partial charge in [-0.3, -0.25) is 0 Å². The Labute approximate surface area is 48.1 Å². The van der Waals surface area contributed by atoms with Gasteiger partial charge in [-0.25, -0.2) is 4.39 Å². The highest BCUT2D eigenvalue weighted by atomic mass is 19.1. The Morgan fingerprint density at radius 1 is 1.75 bits per heavy atom. The van der Waals surface area contributed by atoms with E-state index in [0.717, 1.165) is 0 Å². The Balaban J connectivity index is 3.20. The van der Waals surface area contributed by atoms with Crippen molar-refractivity contribution >= 4 is 0 Å². The molecule has 0 bridgehead atoms. The van der Waals surface area contributed by atoms with Crippen molar-refractivity contribution in [1.29, 1.82) is 0 Å². The van der Waals surface area contributed by atoms with Gasteiger partial charge in [-0.15, -0.1) is 0 Å². The van der Waals surface area contributed by atoms with E-state index in [0.29, 0.717) is 6.42 Å². The number of aliphatic hydroxyl groups excluding tert-OH is 1. The van der Waals surface area contributed by atoms with Gasteiger partial charge in [0.25, 0.3) is 0 Å². The number of hydrogen-bond donors (Lipinski definition) is 1. The molecule has 46 valence electrons. The van der Waals surface area contributed by atoms with E-state index < -0.39 is 5.83 Å². The van der Waals surface area contributed by atoms with Crippen LogP contribution in [-0.2, 0) is 0 Å². The molecule has 8 heavy (non-hydrogen) atoms. The first-order valence-corrected chi connectivity index (χ1v) is 2.39. The first-order valence-electron chi connectivity index (χ1n) is 2.39. The van der Waals surface area contributed by atoms with E-state index >= 15 is 0 Å². The highest BCUT2D eigenvalue weighted by Gasteiger charge is 1.76. The third-order valence-corrected chi connectivity index (χ3v) is 0.594. The fraction of sp³-hybridized carbons (Fsp3) is 0.333. The van der Waals surface area contributed by atoms with Crippen molar-refractivity contribution in [3.63, 3.8) is 0 Å². The lowest BCUT2D eigenvalue weighted by molar-refractivity contribution is 0.302. The highest BCUT2D eigenvalue weighted by Crippen LogP contribution is 1.93. The van der Waals surface area contributed by atoms with Gasteiger partial charge in [-0.2, -0.15) is 0 Å². The molecule has 0 aliphatic rings. The topological polar surface area (TPSA) is 20.2 Å². The summed E-state index contributed by atoms with van der Waals surface area (Å²) in [6.45, 7) is 3.05. The standard InChI is InChI=1S/C6H9FO/c1-6(7)4-2-3-5-8/h2,4,8H,1,3,5H2/b4-2-. The van der Waals surface area contributed by atoms with Crippen LogP contribution in [-0.4, -0.2) is 11.7 Å². The van der Waals surface area contributed by atoms with E-state index in [1.807, 2.05) is 0 Å². The Morgan fingerprint density at radius 2 is 2.38 bits per heavy atom. The number of halogens is 1. The maximum atomic E-state index is 11.7. The average molecular weight is 116 g/mol. The zero-order chi connectivity index (χ0) is 6.41. The van der Waals surface area contributed by atoms with Crippen molar-refractivity contribution in [2.45, 2.75) is 6.42 Å². The van der Waals surface area contributed by atoms with E-state index in [1.54, 1.807) is 0 Å². The van der Waals surface area contributed by atoms with E-state index in [1.165, 1.54) is 12.2 Å². The molecule has 0 rings (SSSR count). The lowest BCUT2D eigenvalue weighted by Crippen LogP contribution is -1.74. The van der Waals surface area contributed by atoms with Gasteiger partial charge < -0.3 is 5.11 Å². The lowest BCUT2D eigenvalue weighted by atomic mass is 10.4. The van der Waals surface area contributed by atoms with Crippen LogP contribution in [0.25, 0.3) is 0 Å². The first kappa shape index (κ1) is 7.37. The van der Waals surface area contributed by atoms with Crippen LogP contribution in [0.1, 0.15) is 6.42 Å². The molecule has 0 aromatic carbocycles. The van der Waals surface area contributed by atoms with Crippen LogP contribution < -0.4 is 0 Å². The second kappa shape index (κ2) is 4.53. The Kier molecular flexibility index (Phi) is 4.17. The monoisotopic (exact) mass is 116 g/mol. The predicted octanol–water partition coefficient (Wildman–Crippen LogP) is 1.41. The normalized spacial score (nSPS) is 10.2. The molecule has 2 heteroatoms. The maximum Gasteiger partial charge on any atom is 0.115 e. The Morgan fingerprint density at radius 3 is 2.75 bits per heavy atom. The molecule has 0 atom stereocenters. The number of rotatable bonds is 3. The van der Waals surface area contributed by atoms with Crippen LogP contribution in [0.5, 0.6) is 0 Å². The summed E-state index contributed by atoms with van der Waals surface area (Å²) < 4.78 is 11.7. The fourth-order valence-corrected chi connectivity index (χ4v) is 0.286. The second-order valence-corrected chi connectivity index (χ2v) is 1.36. The third kappa shape index (κ3) is 5.37. The van der Waals surface area contributed by atoms with Gasteiger partial charge in [-0.1, -0.05) is 12.7 Å². The molecule has 0 fully saturated rings. The zero-order valence-electron chi connectivity index (χ0n) is 4.60. The van der Waals surface area contributed by atoms with Gasteiger partial charge in [-0.05, 0) is 12.5 Å². The molecule has 0 aliphatic heterocycles. The molecular weight excluding hydrogens is 107 g/mol. The first-order chi connectivity index (χ1) is 3.77. The van der Waals surface area contributed by atoms with Crippen LogP contribution in [0.3, 0.4) is 0 Å². The summed E-state index contributed by atoms with van der Waals surface area (Å²) in [5.41, 5.74) is 0. The highest BCUT2D eigenvalue weighted by molar-refractivity contribution is 5.05. The summed E-state index contributed by atoms with van der Waals surface area (Å²) in [5.74, 6) is -0.474. The van der Waals surface area contributed by atoms with Crippen LogP contribution in [0.2, 0.25) is 0 Å². The number of hydrogen-bond acceptors (Lipinski definition) is 1. The number of allylic oxidation sites excluding steroid dienone is 2. The minimum Gasteiger partial charge on any atom is -0.396 e. The smallest absolute Gasteiger partial charge is 0.115 e. The molecule has 1 N–H and O–H groups in total. The average Bonchev–Trinajstić information content (AvgIpc) is 1.66. The minimum absolute atomic E-state index is 0.0593. The molecule has 0 aromatic heterocycles. The minimum atomic E-state index is -0.474.